The maximum atomic E-state index is 12.4. The van der Waals surface area contributed by atoms with Gasteiger partial charge in [0.05, 0.1) is 6.20 Å². The molecule has 2 aliphatic rings. The van der Waals surface area contributed by atoms with Crippen LogP contribution in [0.15, 0.2) is 23.1 Å². The number of aromatic nitrogens is 4. The Balaban J connectivity index is 1.41. The van der Waals surface area contributed by atoms with Crippen LogP contribution in [0.3, 0.4) is 0 Å². The number of rotatable bonds is 4. The number of amides is 1. The van der Waals surface area contributed by atoms with Crippen molar-refractivity contribution in [1.82, 2.24) is 25.1 Å². The van der Waals surface area contributed by atoms with Crippen molar-refractivity contribution in [2.45, 2.75) is 52.0 Å². The van der Waals surface area contributed by atoms with Crippen LogP contribution < -0.4 is 15.8 Å². The number of hydrogen-bond donors (Lipinski definition) is 2. The minimum Gasteiger partial charge on any atom is -0.347 e. The van der Waals surface area contributed by atoms with Gasteiger partial charge in [0.25, 0.3) is 5.56 Å². The zero-order chi connectivity index (χ0) is 20.8. The maximum absolute atomic E-state index is 12.4. The molecule has 1 amide bonds. The minimum absolute atomic E-state index is 0.00171. The van der Waals surface area contributed by atoms with Crippen LogP contribution in [0, 0.1) is 11.3 Å². The van der Waals surface area contributed by atoms with Crippen molar-refractivity contribution >= 4 is 22.9 Å². The lowest BCUT2D eigenvalue weighted by atomic mass is 9.87. The molecule has 8 heteroatoms. The molecular formula is C21H30N6O2. The zero-order valence-corrected chi connectivity index (χ0v) is 17.7. The first-order valence-electron chi connectivity index (χ1n) is 10.4. The second-order valence-electron chi connectivity index (χ2n) is 9.50. The minimum atomic E-state index is -0.156. The number of H-pyrrole nitrogens is 1. The molecule has 0 bridgehead atoms. The van der Waals surface area contributed by atoms with Gasteiger partial charge in [-0.1, -0.05) is 26.8 Å². The first-order chi connectivity index (χ1) is 13.7. The van der Waals surface area contributed by atoms with Gasteiger partial charge in [0.1, 0.15) is 5.39 Å². The lowest BCUT2D eigenvalue weighted by Gasteiger charge is -2.36. The van der Waals surface area contributed by atoms with Gasteiger partial charge in [-0.3, -0.25) is 19.3 Å². The summed E-state index contributed by atoms with van der Waals surface area (Å²) in [6.45, 7) is 7.88. The summed E-state index contributed by atoms with van der Waals surface area (Å²) in [7, 11) is 1.79. The number of anilines is 1. The molecular weight excluding hydrogens is 368 g/mol. The summed E-state index contributed by atoms with van der Waals surface area (Å²) in [4.78, 5) is 34.3. The molecule has 2 aromatic rings. The lowest BCUT2D eigenvalue weighted by molar-refractivity contribution is -0.118. The Hall–Kier alpha value is -2.64. The zero-order valence-electron chi connectivity index (χ0n) is 17.7. The molecule has 1 saturated heterocycles. The molecule has 2 fully saturated rings. The van der Waals surface area contributed by atoms with E-state index in [0.717, 1.165) is 38.8 Å². The fourth-order valence-corrected chi connectivity index (χ4v) is 4.20. The van der Waals surface area contributed by atoms with Crippen LogP contribution in [-0.2, 0) is 11.8 Å². The molecule has 1 aliphatic heterocycles. The van der Waals surface area contributed by atoms with Crippen LogP contribution >= 0.6 is 0 Å². The third-order valence-corrected chi connectivity index (χ3v) is 6.06. The van der Waals surface area contributed by atoms with Crippen molar-refractivity contribution in [3.8, 4) is 0 Å². The van der Waals surface area contributed by atoms with Crippen molar-refractivity contribution < 1.29 is 4.79 Å². The van der Waals surface area contributed by atoms with Crippen molar-refractivity contribution in [2.75, 3.05) is 18.0 Å². The van der Waals surface area contributed by atoms with E-state index in [1.807, 2.05) is 6.08 Å². The van der Waals surface area contributed by atoms with Gasteiger partial charge in [-0.25, -0.2) is 0 Å². The molecule has 156 valence electrons. The van der Waals surface area contributed by atoms with E-state index in [9.17, 15) is 9.59 Å². The number of nitrogens with one attached hydrogen (secondary N) is 2. The molecule has 0 atom stereocenters. The third-order valence-electron chi connectivity index (χ3n) is 6.06. The molecule has 2 N–H and O–H groups in total. The van der Waals surface area contributed by atoms with Crippen LogP contribution in [0.25, 0.3) is 11.0 Å². The van der Waals surface area contributed by atoms with E-state index in [-0.39, 0.29) is 22.4 Å². The van der Waals surface area contributed by atoms with Crippen LogP contribution in [-0.4, -0.2) is 44.3 Å². The Bertz CT molecular complexity index is 1000. The molecule has 1 saturated carbocycles. The smallest absolute Gasteiger partial charge is 0.263 e. The summed E-state index contributed by atoms with van der Waals surface area (Å²) >= 11 is 0. The number of aromatic amines is 1. The van der Waals surface area contributed by atoms with E-state index in [2.05, 4.69) is 46.1 Å². The van der Waals surface area contributed by atoms with E-state index in [1.54, 1.807) is 24.0 Å². The fourth-order valence-electron chi connectivity index (χ4n) is 4.20. The van der Waals surface area contributed by atoms with Gasteiger partial charge in [-0.2, -0.15) is 10.1 Å². The van der Waals surface area contributed by atoms with E-state index < -0.39 is 0 Å². The summed E-state index contributed by atoms with van der Waals surface area (Å²) in [5.41, 5.74) is 0.385. The van der Waals surface area contributed by atoms with Crippen LogP contribution in [0.1, 0.15) is 46.5 Å². The van der Waals surface area contributed by atoms with Gasteiger partial charge in [-0.05, 0) is 43.1 Å². The Morgan fingerprint density at radius 2 is 2.00 bits per heavy atom. The molecule has 0 radical (unpaired) electrons. The Morgan fingerprint density at radius 3 is 2.62 bits per heavy atom. The second kappa shape index (κ2) is 7.00. The van der Waals surface area contributed by atoms with E-state index >= 15 is 0 Å². The van der Waals surface area contributed by atoms with Crippen LogP contribution in [0.5, 0.6) is 0 Å². The topological polar surface area (TPSA) is 95.9 Å². The molecule has 0 aromatic carbocycles. The summed E-state index contributed by atoms with van der Waals surface area (Å²) in [5.74, 6) is 1.07. The Morgan fingerprint density at radius 1 is 1.31 bits per heavy atom. The Labute approximate surface area is 170 Å². The standard InChI is InChI=1S/C21H30N6O2/c1-20(2,3)8-5-16(28)25-21(9-10-21)14-6-11-27(12-7-14)19-23-17-15(18(29)24-19)13-22-26(17)4/h5,8,13-14H,6-7,9-12H2,1-4H3,(H,25,28)(H,23,24,29). The van der Waals surface area contributed by atoms with Gasteiger partial charge in [0.2, 0.25) is 11.9 Å². The number of carbonyl (C=O) groups excluding carboxylic acids is 1. The van der Waals surface area contributed by atoms with E-state index in [1.165, 1.54) is 0 Å². The number of allylic oxidation sites excluding steroid dienone is 1. The highest BCUT2D eigenvalue weighted by atomic mass is 16.1. The first-order valence-corrected chi connectivity index (χ1v) is 10.4. The molecule has 29 heavy (non-hydrogen) atoms. The fraction of sp³-hybridized carbons (Fsp3) is 0.619. The molecule has 0 unspecified atom stereocenters. The summed E-state index contributed by atoms with van der Waals surface area (Å²) < 4.78 is 1.63. The van der Waals surface area contributed by atoms with Gasteiger partial charge in [0, 0.05) is 25.7 Å². The average molecular weight is 399 g/mol. The molecule has 2 aromatic heterocycles. The van der Waals surface area contributed by atoms with Gasteiger partial charge in [-0.15, -0.1) is 0 Å². The Kier molecular flexibility index (Phi) is 4.75. The number of hydrogen-bond acceptors (Lipinski definition) is 5. The highest BCUT2D eigenvalue weighted by molar-refractivity contribution is 5.88. The van der Waals surface area contributed by atoms with Crippen LogP contribution in [0.4, 0.5) is 5.95 Å². The second-order valence-corrected chi connectivity index (χ2v) is 9.50. The molecule has 1 aliphatic carbocycles. The maximum Gasteiger partial charge on any atom is 0.263 e. The van der Waals surface area contributed by atoms with E-state index in [4.69, 9.17) is 0 Å². The summed E-state index contributed by atoms with van der Waals surface area (Å²) in [5, 5.41) is 7.90. The highest BCUT2D eigenvalue weighted by Crippen LogP contribution is 2.46. The number of aryl methyl sites for hydroxylation is 1. The monoisotopic (exact) mass is 398 g/mol. The molecule has 8 nitrogen and oxygen atoms in total. The van der Waals surface area contributed by atoms with E-state index in [0.29, 0.717) is 22.9 Å². The average Bonchev–Trinajstić information content (AvgIpc) is 3.35. The number of nitrogens with zero attached hydrogens (tertiary/aromatic N) is 4. The molecule has 0 spiro atoms. The van der Waals surface area contributed by atoms with Crippen molar-refractivity contribution in [2.24, 2.45) is 18.4 Å². The predicted octanol–water partition coefficient (Wildman–Crippen LogP) is 2.12. The lowest BCUT2D eigenvalue weighted by Crippen LogP contribution is -2.47. The number of carbonyl (C=O) groups is 1. The number of piperidine rings is 1. The van der Waals surface area contributed by atoms with Crippen molar-refractivity contribution in [1.29, 1.82) is 0 Å². The SMILES string of the molecule is Cn1ncc2c(=O)[nH]c(N3CCC(C4(NC(=O)C=CC(C)(C)C)CC4)CC3)nc21. The van der Waals surface area contributed by atoms with Crippen molar-refractivity contribution in [3.63, 3.8) is 0 Å². The van der Waals surface area contributed by atoms with Gasteiger partial charge in [0.15, 0.2) is 5.65 Å². The van der Waals surface area contributed by atoms with Crippen molar-refractivity contribution in [3.05, 3.63) is 28.7 Å². The predicted molar refractivity (Wildman–Crippen MR) is 113 cm³/mol. The van der Waals surface area contributed by atoms with Gasteiger partial charge >= 0.3 is 0 Å². The normalized spacial score (nSPS) is 19.8. The summed E-state index contributed by atoms with van der Waals surface area (Å²) in [6.07, 6.45) is 9.20. The van der Waals surface area contributed by atoms with Crippen LogP contribution in [0.2, 0.25) is 0 Å². The quantitative estimate of drug-likeness (QED) is 0.769. The molecule has 3 heterocycles. The number of fused-ring (bicyclic) bond motifs is 1. The summed E-state index contributed by atoms with van der Waals surface area (Å²) in [6, 6.07) is 0. The highest BCUT2D eigenvalue weighted by Gasteiger charge is 2.50. The first kappa shape index (κ1) is 19.7. The largest absolute Gasteiger partial charge is 0.347 e. The van der Waals surface area contributed by atoms with Gasteiger partial charge < -0.3 is 10.2 Å². The molecule has 4 rings (SSSR count). The third kappa shape index (κ3) is 4.06.